The predicted octanol–water partition coefficient (Wildman–Crippen LogP) is 2.44. The van der Waals surface area contributed by atoms with Gasteiger partial charge >= 0.3 is 0 Å². The van der Waals surface area contributed by atoms with E-state index in [1.54, 1.807) is 27.0 Å². The lowest BCUT2D eigenvalue weighted by Crippen LogP contribution is -2.45. The predicted molar refractivity (Wildman–Crippen MR) is 126 cm³/mol. The van der Waals surface area contributed by atoms with Crippen LogP contribution in [0.3, 0.4) is 0 Å². The number of amides is 2. The highest BCUT2D eigenvalue weighted by Crippen LogP contribution is 2.36. The number of carbonyl (C=O) groups excluding carboxylic acids is 2. The van der Waals surface area contributed by atoms with Crippen molar-refractivity contribution in [1.82, 2.24) is 9.62 Å². The first-order chi connectivity index (χ1) is 16.2. The highest BCUT2D eigenvalue weighted by molar-refractivity contribution is 7.89. The van der Waals surface area contributed by atoms with Gasteiger partial charge in [0.05, 0.1) is 23.6 Å². The van der Waals surface area contributed by atoms with Gasteiger partial charge in [-0.3, -0.25) is 9.59 Å². The fraction of sp³-hybridized carbons (Fsp3) is 0.417. The molecule has 10 heteroatoms. The summed E-state index contributed by atoms with van der Waals surface area (Å²) in [5, 5.41) is 5.65. The molecule has 34 heavy (non-hydrogen) atoms. The summed E-state index contributed by atoms with van der Waals surface area (Å²) in [5.41, 5.74) is 1.86. The Morgan fingerprint density at radius 1 is 1.29 bits per heavy atom. The van der Waals surface area contributed by atoms with E-state index in [1.807, 2.05) is 24.3 Å². The first-order valence-electron chi connectivity index (χ1n) is 11.2. The number of fused-ring (bicyclic) bond motifs is 1. The molecule has 2 aromatic carbocycles. The number of nitrogens with zero attached hydrogens (tertiary/aromatic N) is 1. The van der Waals surface area contributed by atoms with E-state index in [4.69, 9.17) is 9.47 Å². The molecule has 0 radical (unpaired) electrons. The van der Waals surface area contributed by atoms with Gasteiger partial charge in [0.15, 0.2) is 6.10 Å². The average molecular weight is 488 g/mol. The van der Waals surface area contributed by atoms with E-state index < -0.39 is 22.0 Å². The second-order valence-corrected chi connectivity index (χ2v) is 10.5. The number of ether oxygens (including phenoxy) is 2. The minimum Gasteiger partial charge on any atom is -0.497 e. The van der Waals surface area contributed by atoms with Gasteiger partial charge < -0.3 is 20.1 Å². The zero-order valence-corrected chi connectivity index (χ0v) is 20.3. The van der Waals surface area contributed by atoms with Crippen molar-refractivity contribution in [3.05, 3.63) is 47.5 Å². The Labute approximate surface area is 199 Å². The quantitative estimate of drug-likeness (QED) is 0.647. The summed E-state index contributed by atoms with van der Waals surface area (Å²) in [5.74, 6) is 0.134. The second-order valence-electron chi connectivity index (χ2n) is 8.63. The molecule has 2 aliphatic heterocycles. The molecule has 182 valence electrons. The third-order valence-electron chi connectivity index (χ3n) is 6.18. The lowest BCUT2D eigenvalue weighted by atomic mass is 9.99. The zero-order valence-electron chi connectivity index (χ0n) is 19.5. The van der Waals surface area contributed by atoms with Crippen molar-refractivity contribution in [2.45, 2.75) is 44.2 Å². The van der Waals surface area contributed by atoms with Gasteiger partial charge in [-0.15, -0.1) is 0 Å². The zero-order chi connectivity index (χ0) is 24.5. The van der Waals surface area contributed by atoms with Crippen molar-refractivity contribution in [3.8, 4) is 11.5 Å². The Kier molecular flexibility index (Phi) is 6.81. The van der Waals surface area contributed by atoms with Crippen molar-refractivity contribution in [2.75, 3.05) is 25.5 Å². The highest BCUT2D eigenvalue weighted by atomic mass is 32.2. The summed E-state index contributed by atoms with van der Waals surface area (Å²) >= 11 is 0. The maximum atomic E-state index is 13.5. The van der Waals surface area contributed by atoms with Crippen LogP contribution in [-0.4, -0.2) is 50.8 Å². The Balaban J connectivity index is 1.47. The number of carbonyl (C=O) groups is 2. The van der Waals surface area contributed by atoms with E-state index in [1.165, 1.54) is 10.4 Å². The molecule has 0 aromatic heterocycles. The molecule has 2 N–H and O–H groups in total. The van der Waals surface area contributed by atoms with E-state index in [0.29, 0.717) is 48.7 Å². The van der Waals surface area contributed by atoms with Gasteiger partial charge in [0, 0.05) is 25.7 Å². The molecule has 2 aromatic rings. The first kappa shape index (κ1) is 24.0. The molecule has 2 atom stereocenters. The molecule has 9 nitrogen and oxygen atoms in total. The highest BCUT2D eigenvalue weighted by Gasteiger charge is 2.35. The smallest absolute Gasteiger partial charge is 0.265 e. The molecule has 2 amide bonds. The third kappa shape index (κ3) is 4.88. The number of hydrogen-bond donors (Lipinski definition) is 2. The van der Waals surface area contributed by atoms with Gasteiger partial charge in [-0.25, -0.2) is 8.42 Å². The van der Waals surface area contributed by atoms with E-state index in [2.05, 4.69) is 10.6 Å². The topological polar surface area (TPSA) is 114 Å². The molecule has 0 spiro atoms. The van der Waals surface area contributed by atoms with Crippen LogP contribution in [-0.2, 0) is 26.2 Å². The number of rotatable bonds is 6. The molecular formula is C24H29N3O6S. The molecule has 4 rings (SSSR count). The average Bonchev–Trinajstić information content (AvgIpc) is 2.83. The van der Waals surface area contributed by atoms with Crippen molar-refractivity contribution >= 4 is 27.5 Å². The number of hydrogen-bond acceptors (Lipinski definition) is 6. The van der Waals surface area contributed by atoms with Crippen LogP contribution in [0, 0.1) is 12.8 Å². The molecule has 2 heterocycles. The molecule has 2 aliphatic rings. The lowest BCUT2D eigenvalue weighted by molar-refractivity contribution is -0.126. The standard InChI is InChI=1S/C24H29N3O6S/c1-15-10-20-21(33-16(2)23(28)26-20)12-22(15)34(30,31)27-9-5-7-18(14-27)24(29)25-13-17-6-4-8-19(11-17)32-3/h4,6,8,10-12,16,18H,5,7,9,13-14H2,1-3H3,(H,25,29)(H,26,28)/t16-,18+/m1/s1. The molecule has 1 fully saturated rings. The maximum Gasteiger partial charge on any atom is 0.265 e. The van der Waals surface area contributed by atoms with E-state index in [0.717, 1.165) is 5.56 Å². The second kappa shape index (κ2) is 9.63. The minimum absolute atomic E-state index is 0.108. The van der Waals surface area contributed by atoms with Gasteiger partial charge in [0.2, 0.25) is 15.9 Å². The molecular weight excluding hydrogens is 458 g/mol. The van der Waals surface area contributed by atoms with Crippen LogP contribution >= 0.6 is 0 Å². The van der Waals surface area contributed by atoms with Gasteiger partial charge in [-0.2, -0.15) is 4.31 Å². The third-order valence-corrected chi connectivity index (χ3v) is 8.19. The Morgan fingerprint density at radius 2 is 2.09 bits per heavy atom. The van der Waals surface area contributed by atoms with Crippen molar-refractivity contribution in [3.63, 3.8) is 0 Å². The molecule has 1 saturated heterocycles. The summed E-state index contributed by atoms with van der Waals surface area (Å²) in [6, 6.07) is 10.5. The Morgan fingerprint density at radius 3 is 2.85 bits per heavy atom. The SMILES string of the molecule is COc1cccc(CNC(=O)[C@H]2CCCN(S(=O)(=O)c3cc4c(cc3C)NC(=O)[C@@H](C)O4)C2)c1. The molecule has 0 unspecified atom stereocenters. The van der Waals surface area contributed by atoms with Crippen LogP contribution in [0.4, 0.5) is 5.69 Å². The van der Waals surface area contributed by atoms with Crippen LogP contribution in [0.1, 0.15) is 30.9 Å². The van der Waals surface area contributed by atoms with Crippen molar-refractivity contribution < 1.29 is 27.5 Å². The fourth-order valence-corrected chi connectivity index (χ4v) is 6.00. The van der Waals surface area contributed by atoms with E-state index in [9.17, 15) is 18.0 Å². The van der Waals surface area contributed by atoms with Crippen LogP contribution in [0.2, 0.25) is 0 Å². The normalized spacial score (nSPS) is 20.6. The number of benzene rings is 2. The van der Waals surface area contributed by atoms with Gasteiger partial charge in [-0.05, 0) is 56.0 Å². The lowest BCUT2D eigenvalue weighted by Gasteiger charge is -2.32. The summed E-state index contributed by atoms with van der Waals surface area (Å²) in [4.78, 5) is 24.8. The van der Waals surface area contributed by atoms with Crippen LogP contribution in [0.15, 0.2) is 41.3 Å². The van der Waals surface area contributed by atoms with Gasteiger partial charge in [0.25, 0.3) is 5.91 Å². The summed E-state index contributed by atoms with van der Waals surface area (Å²) in [6.07, 6.45) is 0.494. The first-order valence-corrected chi connectivity index (χ1v) is 12.7. The number of methoxy groups -OCH3 is 1. The summed E-state index contributed by atoms with van der Waals surface area (Å²) in [7, 11) is -2.27. The maximum absolute atomic E-state index is 13.5. The molecule has 0 bridgehead atoms. The Hall–Kier alpha value is -3.11. The largest absolute Gasteiger partial charge is 0.497 e. The summed E-state index contributed by atoms with van der Waals surface area (Å²) < 4.78 is 39.2. The summed E-state index contributed by atoms with van der Waals surface area (Å²) in [6.45, 7) is 4.07. The van der Waals surface area contributed by atoms with Crippen molar-refractivity contribution in [2.24, 2.45) is 5.92 Å². The minimum atomic E-state index is -3.86. The number of piperidine rings is 1. The van der Waals surface area contributed by atoms with Crippen LogP contribution in [0.5, 0.6) is 11.5 Å². The number of anilines is 1. The number of aryl methyl sites for hydroxylation is 1. The fourth-order valence-electron chi connectivity index (χ4n) is 4.25. The molecule has 0 saturated carbocycles. The number of nitrogens with one attached hydrogen (secondary N) is 2. The Bertz CT molecular complexity index is 1210. The van der Waals surface area contributed by atoms with Crippen LogP contribution < -0.4 is 20.1 Å². The van der Waals surface area contributed by atoms with Crippen LogP contribution in [0.25, 0.3) is 0 Å². The van der Waals surface area contributed by atoms with Gasteiger partial charge in [0.1, 0.15) is 11.5 Å². The van der Waals surface area contributed by atoms with Gasteiger partial charge in [-0.1, -0.05) is 12.1 Å². The van der Waals surface area contributed by atoms with E-state index >= 15 is 0 Å². The number of sulfonamides is 1. The monoisotopic (exact) mass is 487 g/mol. The van der Waals surface area contributed by atoms with E-state index in [-0.39, 0.29) is 23.3 Å². The van der Waals surface area contributed by atoms with Crippen molar-refractivity contribution in [1.29, 1.82) is 0 Å². The molecule has 0 aliphatic carbocycles.